The molecule has 0 spiro atoms. The van der Waals surface area contributed by atoms with E-state index >= 15 is 0 Å². The zero-order valence-electron chi connectivity index (χ0n) is 12.4. The van der Waals surface area contributed by atoms with Crippen LogP contribution in [0.15, 0.2) is 0 Å². The van der Waals surface area contributed by atoms with Gasteiger partial charge in [-0.15, -0.1) is 0 Å². The number of rotatable bonds is 5. The highest BCUT2D eigenvalue weighted by molar-refractivity contribution is 5.73. The van der Waals surface area contributed by atoms with E-state index in [1.165, 1.54) is 7.11 Å². The zero-order valence-corrected chi connectivity index (χ0v) is 12.4. The third-order valence-electron chi connectivity index (χ3n) is 4.18. The summed E-state index contributed by atoms with van der Waals surface area (Å²) >= 11 is 0. The minimum Gasteiger partial charge on any atom is -0.469 e. The van der Waals surface area contributed by atoms with E-state index in [0.29, 0.717) is 11.8 Å². The van der Waals surface area contributed by atoms with E-state index in [4.69, 9.17) is 4.74 Å². The maximum atomic E-state index is 12.0. The number of esters is 1. The van der Waals surface area contributed by atoms with Crippen LogP contribution in [0.5, 0.6) is 0 Å². The van der Waals surface area contributed by atoms with Gasteiger partial charge in [0.2, 0.25) is 0 Å². The molecule has 4 heteroatoms. The lowest BCUT2D eigenvalue weighted by Crippen LogP contribution is -2.49. The van der Waals surface area contributed by atoms with E-state index in [2.05, 4.69) is 31.1 Å². The summed E-state index contributed by atoms with van der Waals surface area (Å²) in [5.74, 6) is 0.740. The van der Waals surface area contributed by atoms with Crippen molar-refractivity contribution in [2.75, 3.05) is 34.3 Å². The second kappa shape index (κ2) is 7.10. The van der Waals surface area contributed by atoms with Gasteiger partial charge in [0, 0.05) is 6.04 Å². The summed E-state index contributed by atoms with van der Waals surface area (Å²) in [4.78, 5) is 14.3. The molecule has 2 unspecified atom stereocenters. The van der Waals surface area contributed by atoms with Crippen molar-refractivity contribution >= 4 is 5.97 Å². The summed E-state index contributed by atoms with van der Waals surface area (Å²) in [5, 5.41) is 3.36. The Kier molecular flexibility index (Phi) is 6.09. The summed E-state index contributed by atoms with van der Waals surface area (Å²) in [5.41, 5.74) is 0. The first-order valence-electron chi connectivity index (χ1n) is 6.94. The van der Waals surface area contributed by atoms with Crippen LogP contribution in [0.25, 0.3) is 0 Å². The van der Waals surface area contributed by atoms with E-state index in [1.54, 1.807) is 0 Å². The Morgan fingerprint density at radius 1 is 1.33 bits per heavy atom. The highest BCUT2D eigenvalue weighted by Gasteiger charge is 2.37. The average molecular weight is 256 g/mol. The predicted octanol–water partition coefficient (Wildman–Crippen LogP) is 1.36. The second-order valence-electron chi connectivity index (χ2n) is 5.75. The molecule has 0 bridgehead atoms. The molecule has 1 aliphatic heterocycles. The van der Waals surface area contributed by atoms with Crippen molar-refractivity contribution in [1.82, 2.24) is 10.2 Å². The van der Waals surface area contributed by atoms with E-state index in [1.807, 2.05) is 7.05 Å². The van der Waals surface area contributed by atoms with Crippen molar-refractivity contribution in [3.8, 4) is 0 Å². The number of nitrogens with zero attached hydrogens (tertiary/aromatic N) is 1. The SMILES string of the molecule is CNC(C1CCN(C)CC1)C(C(=O)OC)C(C)C. The lowest BCUT2D eigenvalue weighted by atomic mass is 9.77. The minimum absolute atomic E-state index is 0.0478. The monoisotopic (exact) mass is 256 g/mol. The maximum absolute atomic E-state index is 12.0. The van der Waals surface area contributed by atoms with Crippen molar-refractivity contribution in [3.63, 3.8) is 0 Å². The van der Waals surface area contributed by atoms with Gasteiger partial charge in [-0.2, -0.15) is 0 Å². The van der Waals surface area contributed by atoms with E-state index in [0.717, 1.165) is 25.9 Å². The predicted molar refractivity (Wildman–Crippen MR) is 73.4 cm³/mol. The Labute approximate surface area is 111 Å². The maximum Gasteiger partial charge on any atom is 0.310 e. The molecule has 1 aliphatic rings. The first-order valence-corrected chi connectivity index (χ1v) is 6.94. The average Bonchev–Trinajstić information content (AvgIpc) is 2.35. The first-order chi connectivity index (χ1) is 8.51. The highest BCUT2D eigenvalue weighted by Crippen LogP contribution is 2.28. The molecule has 2 atom stereocenters. The fourth-order valence-electron chi connectivity index (χ4n) is 3.07. The summed E-state index contributed by atoms with van der Waals surface area (Å²) in [6.07, 6.45) is 2.31. The number of likely N-dealkylation sites (tertiary alicyclic amines) is 1. The summed E-state index contributed by atoms with van der Waals surface area (Å²) in [6, 6.07) is 0.228. The van der Waals surface area contributed by atoms with Crippen molar-refractivity contribution in [1.29, 1.82) is 0 Å². The zero-order chi connectivity index (χ0) is 13.7. The standard InChI is InChI=1S/C14H28N2O2/c1-10(2)12(14(17)18-5)13(15-3)11-6-8-16(4)9-7-11/h10-13,15H,6-9H2,1-5H3. The first kappa shape index (κ1) is 15.4. The number of piperidine rings is 1. The molecule has 1 fully saturated rings. The van der Waals surface area contributed by atoms with Crippen molar-refractivity contribution in [3.05, 3.63) is 0 Å². The van der Waals surface area contributed by atoms with Crippen molar-refractivity contribution in [2.24, 2.45) is 17.8 Å². The molecule has 0 aromatic carbocycles. The van der Waals surface area contributed by atoms with Gasteiger partial charge in [-0.1, -0.05) is 13.8 Å². The van der Waals surface area contributed by atoms with Crippen LogP contribution in [0.1, 0.15) is 26.7 Å². The second-order valence-corrected chi connectivity index (χ2v) is 5.75. The Morgan fingerprint density at radius 3 is 2.28 bits per heavy atom. The highest BCUT2D eigenvalue weighted by atomic mass is 16.5. The van der Waals surface area contributed by atoms with E-state index < -0.39 is 0 Å². The number of nitrogens with one attached hydrogen (secondary N) is 1. The molecule has 0 aliphatic carbocycles. The Morgan fingerprint density at radius 2 is 1.89 bits per heavy atom. The number of methoxy groups -OCH3 is 1. The van der Waals surface area contributed by atoms with Crippen LogP contribution in [-0.2, 0) is 9.53 Å². The number of carbonyl (C=O) groups is 1. The summed E-state index contributed by atoms with van der Waals surface area (Å²) in [7, 11) is 5.60. The van der Waals surface area contributed by atoms with Gasteiger partial charge in [-0.25, -0.2) is 0 Å². The quantitative estimate of drug-likeness (QED) is 0.754. The van der Waals surface area contributed by atoms with Crippen LogP contribution in [0.4, 0.5) is 0 Å². The van der Waals surface area contributed by atoms with Gasteiger partial charge in [0.1, 0.15) is 0 Å². The van der Waals surface area contributed by atoms with Gasteiger partial charge in [-0.3, -0.25) is 4.79 Å². The molecular formula is C14H28N2O2. The van der Waals surface area contributed by atoms with Gasteiger partial charge in [0.15, 0.2) is 0 Å². The largest absolute Gasteiger partial charge is 0.469 e. The van der Waals surface area contributed by atoms with Crippen LogP contribution in [0.3, 0.4) is 0 Å². The molecule has 0 aromatic rings. The molecule has 1 heterocycles. The molecule has 1 saturated heterocycles. The molecular weight excluding hydrogens is 228 g/mol. The molecule has 0 radical (unpaired) electrons. The molecule has 18 heavy (non-hydrogen) atoms. The number of hydrogen-bond acceptors (Lipinski definition) is 4. The van der Waals surface area contributed by atoms with Crippen LogP contribution < -0.4 is 5.32 Å². The van der Waals surface area contributed by atoms with Gasteiger partial charge < -0.3 is 15.0 Å². The number of ether oxygens (including phenoxy) is 1. The molecule has 106 valence electrons. The van der Waals surface area contributed by atoms with Gasteiger partial charge in [0.25, 0.3) is 0 Å². The Hall–Kier alpha value is -0.610. The molecule has 0 amide bonds. The summed E-state index contributed by atoms with van der Waals surface area (Å²) < 4.78 is 4.98. The topological polar surface area (TPSA) is 41.6 Å². The lowest BCUT2D eigenvalue weighted by Gasteiger charge is -2.38. The van der Waals surface area contributed by atoms with Crippen molar-refractivity contribution < 1.29 is 9.53 Å². The third-order valence-corrected chi connectivity index (χ3v) is 4.18. The fourth-order valence-corrected chi connectivity index (χ4v) is 3.07. The smallest absolute Gasteiger partial charge is 0.310 e. The number of hydrogen-bond donors (Lipinski definition) is 1. The van der Waals surface area contributed by atoms with Gasteiger partial charge >= 0.3 is 5.97 Å². The van der Waals surface area contributed by atoms with Crippen LogP contribution in [0.2, 0.25) is 0 Å². The van der Waals surface area contributed by atoms with Crippen LogP contribution >= 0.6 is 0 Å². The van der Waals surface area contributed by atoms with Crippen molar-refractivity contribution in [2.45, 2.75) is 32.7 Å². The number of carbonyl (C=O) groups excluding carboxylic acids is 1. The van der Waals surface area contributed by atoms with Crippen LogP contribution in [0, 0.1) is 17.8 Å². The molecule has 4 nitrogen and oxygen atoms in total. The van der Waals surface area contributed by atoms with Crippen LogP contribution in [-0.4, -0.2) is 51.2 Å². The normalized spacial score (nSPS) is 21.9. The van der Waals surface area contributed by atoms with Gasteiger partial charge in [0.05, 0.1) is 13.0 Å². The minimum atomic E-state index is -0.0803. The Bertz CT molecular complexity index is 261. The lowest BCUT2D eigenvalue weighted by molar-refractivity contribution is -0.149. The molecule has 1 N–H and O–H groups in total. The third kappa shape index (κ3) is 3.69. The molecule has 1 rings (SSSR count). The molecule has 0 saturated carbocycles. The molecule has 0 aromatic heterocycles. The van der Waals surface area contributed by atoms with E-state index in [-0.39, 0.29) is 17.9 Å². The van der Waals surface area contributed by atoms with E-state index in [9.17, 15) is 4.79 Å². The summed E-state index contributed by atoms with van der Waals surface area (Å²) in [6.45, 7) is 6.44. The Balaban J connectivity index is 2.75. The van der Waals surface area contributed by atoms with Gasteiger partial charge in [-0.05, 0) is 51.9 Å². The fraction of sp³-hybridized carbons (Fsp3) is 0.929.